The summed E-state index contributed by atoms with van der Waals surface area (Å²) >= 11 is 6.21. The van der Waals surface area contributed by atoms with Crippen molar-refractivity contribution in [3.63, 3.8) is 0 Å². The monoisotopic (exact) mass is 426 g/mol. The molecular weight excluding hydrogens is 412 g/mol. The fourth-order valence-electron chi connectivity index (χ4n) is 3.57. The molecule has 0 saturated heterocycles. The number of hydrogen-bond donors (Lipinski definition) is 2. The lowest BCUT2D eigenvalue weighted by molar-refractivity contribution is 0.104. The molecule has 0 unspecified atom stereocenters. The van der Waals surface area contributed by atoms with Gasteiger partial charge in [0.05, 0.1) is 22.3 Å². The number of halogens is 1. The normalized spacial score (nSPS) is 11.5. The van der Waals surface area contributed by atoms with Crippen molar-refractivity contribution in [1.29, 1.82) is 0 Å². The number of fused-ring (bicyclic) bond motifs is 2. The van der Waals surface area contributed by atoms with Crippen LogP contribution in [-0.4, -0.2) is 25.7 Å². The zero-order chi connectivity index (χ0) is 21.4. The van der Waals surface area contributed by atoms with Crippen molar-refractivity contribution in [1.82, 2.24) is 19.9 Å². The van der Waals surface area contributed by atoms with E-state index in [9.17, 15) is 9.59 Å². The van der Waals surface area contributed by atoms with Crippen LogP contribution in [0.1, 0.15) is 16.2 Å². The highest BCUT2D eigenvalue weighted by Crippen LogP contribution is 2.30. The Morgan fingerprint density at radius 1 is 0.968 bits per heavy atom. The van der Waals surface area contributed by atoms with E-state index in [2.05, 4.69) is 19.9 Å². The van der Waals surface area contributed by atoms with Crippen LogP contribution >= 0.6 is 11.6 Å². The van der Waals surface area contributed by atoms with Gasteiger partial charge in [-0.25, -0.2) is 4.98 Å². The number of carbonyl (C=O) groups is 1. The number of rotatable bonds is 4. The van der Waals surface area contributed by atoms with Gasteiger partial charge in [0.2, 0.25) is 0 Å². The molecule has 5 rings (SSSR count). The zero-order valence-corrected chi connectivity index (χ0v) is 16.9. The summed E-state index contributed by atoms with van der Waals surface area (Å²) in [6.07, 6.45) is 4.52. The average molecular weight is 427 g/mol. The SMILES string of the molecule is O=C(/C=C/c1nc2ccccc2[nH]1)c1c(-c2ccccn2)c2cc(Cl)ccc2[nH]c1=O. The van der Waals surface area contributed by atoms with Crippen LogP contribution in [0.15, 0.2) is 77.7 Å². The largest absolute Gasteiger partial charge is 0.338 e. The molecular formula is C24H15ClN4O2. The van der Waals surface area contributed by atoms with Crippen LogP contribution in [0.3, 0.4) is 0 Å². The molecule has 3 aromatic heterocycles. The van der Waals surface area contributed by atoms with Crippen LogP contribution in [-0.2, 0) is 0 Å². The summed E-state index contributed by atoms with van der Waals surface area (Å²) in [6, 6.07) is 18.0. The number of aromatic nitrogens is 4. The third kappa shape index (κ3) is 3.53. The average Bonchev–Trinajstić information content (AvgIpc) is 3.20. The first-order valence-corrected chi connectivity index (χ1v) is 9.92. The van der Waals surface area contributed by atoms with E-state index < -0.39 is 11.3 Å². The van der Waals surface area contributed by atoms with Gasteiger partial charge in [-0.2, -0.15) is 0 Å². The fourth-order valence-corrected chi connectivity index (χ4v) is 3.74. The molecule has 0 amide bonds. The highest BCUT2D eigenvalue weighted by Gasteiger charge is 2.20. The zero-order valence-electron chi connectivity index (χ0n) is 16.1. The van der Waals surface area contributed by atoms with Crippen LogP contribution in [0.25, 0.3) is 39.3 Å². The van der Waals surface area contributed by atoms with Gasteiger partial charge in [0.15, 0.2) is 5.78 Å². The smallest absolute Gasteiger partial charge is 0.260 e. The van der Waals surface area contributed by atoms with E-state index in [0.29, 0.717) is 33.0 Å². The molecule has 0 spiro atoms. The fraction of sp³-hybridized carbons (Fsp3) is 0. The number of ketones is 1. The molecule has 0 aliphatic rings. The van der Waals surface area contributed by atoms with Crippen molar-refractivity contribution >= 4 is 45.4 Å². The van der Waals surface area contributed by atoms with Crippen LogP contribution in [0.5, 0.6) is 0 Å². The predicted octanol–water partition coefficient (Wildman–Crippen LogP) is 5.02. The Morgan fingerprint density at radius 2 is 1.81 bits per heavy atom. The first-order chi connectivity index (χ1) is 15.1. The number of benzene rings is 2. The molecule has 0 fully saturated rings. The number of pyridine rings is 2. The molecule has 31 heavy (non-hydrogen) atoms. The lowest BCUT2D eigenvalue weighted by atomic mass is 9.97. The highest BCUT2D eigenvalue weighted by molar-refractivity contribution is 6.31. The van der Waals surface area contributed by atoms with Gasteiger partial charge in [-0.1, -0.05) is 29.8 Å². The van der Waals surface area contributed by atoms with Crippen LogP contribution in [0.2, 0.25) is 5.02 Å². The van der Waals surface area contributed by atoms with Crippen molar-refractivity contribution in [2.75, 3.05) is 0 Å². The van der Waals surface area contributed by atoms with Crippen LogP contribution in [0.4, 0.5) is 0 Å². The van der Waals surface area contributed by atoms with E-state index in [1.807, 2.05) is 24.3 Å². The van der Waals surface area contributed by atoms with Gasteiger partial charge in [0.25, 0.3) is 5.56 Å². The molecule has 5 aromatic rings. The molecule has 150 valence electrons. The first kappa shape index (κ1) is 19.0. The molecule has 3 heterocycles. The maximum absolute atomic E-state index is 13.2. The molecule has 0 atom stereocenters. The maximum atomic E-state index is 13.2. The van der Waals surface area contributed by atoms with Crippen molar-refractivity contribution < 1.29 is 4.79 Å². The number of H-pyrrole nitrogens is 2. The summed E-state index contributed by atoms with van der Waals surface area (Å²) < 4.78 is 0. The van der Waals surface area contributed by atoms with E-state index in [4.69, 9.17) is 11.6 Å². The number of para-hydroxylation sites is 2. The molecule has 6 nitrogen and oxygen atoms in total. The molecule has 0 radical (unpaired) electrons. The number of imidazole rings is 1. The van der Waals surface area contributed by atoms with Crippen LogP contribution in [0, 0.1) is 0 Å². The highest BCUT2D eigenvalue weighted by atomic mass is 35.5. The standard InChI is InChI=1S/C24H15ClN4O2/c25-14-8-9-16-15(13-14)22(19-7-3-4-12-26-19)23(24(31)29-16)20(30)10-11-21-27-17-5-1-2-6-18(17)28-21/h1-13H,(H,27,28)(H,29,31)/b11-10+. The second-order valence-corrected chi connectivity index (χ2v) is 7.38. The van der Waals surface area contributed by atoms with E-state index >= 15 is 0 Å². The predicted molar refractivity (Wildman–Crippen MR) is 122 cm³/mol. The van der Waals surface area contributed by atoms with Crippen molar-refractivity contribution in [2.45, 2.75) is 0 Å². The van der Waals surface area contributed by atoms with Gasteiger partial charge in [-0.3, -0.25) is 14.6 Å². The molecule has 0 aliphatic heterocycles. The second-order valence-electron chi connectivity index (χ2n) is 6.95. The minimum atomic E-state index is -0.491. The van der Waals surface area contributed by atoms with Gasteiger partial charge >= 0.3 is 0 Å². The lowest BCUT2D eigenvalue weighted by Gasteiger charge is -2.11. The Morgan fingerprint density at radius 3 is 2.61 bits per heavy atom. The minimum absolute atomic E-state index is 0.000766. The summed E-state index contributed by atoms with van der Waals surface area (Å²) in [5, 5.41) is 1.14. The number of carbonyl (C=O) groups excluding carboxylic acids is 1. The topological polar surface area (TPSA) is 91.5 Å². The van der Waals surface area contributed by atoms with E-state index in [0.717, 1.165) is 11.0 Å². The Balaban J connectivity index is 1.67. The maximum Gasteiger partial charge on any atom is 0.260 e. The Labute approximate surface area is 181 Å². The summed E-state index contributed by atoms with van der Waals surface area (Å²) in [7, 11) is 0. The summed E-state index contributed by atoms with van der Waals surface area (Å²) in [4.78, 5) is 40.8. The summed E-state index contributed by atoms with van der Waals surface area (Å²) in [6.45, 7) is 0. The van der Waals surface area contributed by atoms with E-state index in [1.165, 1.54) is 6.08 Å². The molecule has 2 N–H and O–H groups in total. The van der Waals surface area contributed by atoms with Crippen molar-refractivity contribution in [3.05, 3.63) is 99.7 Å². The molecule has 2 aromatic carbocycles. The van der Waals surface area contributed by atoms with Gasteiger partial charge in [0.1, 0.15) is 5.82 Å². The first-order valence-electron chi connectivity index (χ1n) is 9.54. The number of hydrogen-bond acceptors (Lipinski definition) is 4. The molecule has 7 heteroatoms. The molecule has 0 bridgehead atoms. The molecule has 0 aliphatic carbocycles. The number of allylic oxidation sites excluding steroid dienone is 1. The minimum Gasteiger partial charge on any atom is -0.338 e. The number of nitrogens with zero attached hydrogens (tertiary/aromatic N) is 2. The van der Waals surface area contributed by atoms with Crippen LogP contribution < -0.4 is 5.56 Å². The van der Waals surface area contributed by atoms with Gasteiger partial charge in [-0.15, -0.1) is 0 Å². The third-order valence-electron chi connectivity index (χ3n) is 4.94. The second kappa shape index (κ2) is 7.66. The number of aromatic amines is 2. The summed E-state index contributed by atoms with van der Waals surface area (Å²) in [5.41, 5.74) is 2.70. The quantitative estimate of drug-likeness (QED) is 0.312. The lowest BCUT2D eigenvalue weighted by Crippen LogP contribution is -2.19. The Kier molecular flexibility index (Phi) is 4.69. The van der Waals surface area contributed by atoms with Crippen molar-refractivity contribution in [3.8, 4) is 11.3 Å². The van der Waals surface area contributed by atoms with Gasteiger partial charge in [-0.05, 0) is 54.6 Å². The molecule has 0 saturated carbocycles. The van der Waals surface area contributed by atoms with Gasteiger partial charge < -0.3 is 9.97 Å². The third-order valence-corrected chi connectivity index (χ3v) is 5.18. The van der Waals surface area contributed by atoms with E-state index in [-0.39, 0.29) is 5.56 Å². The van der Waals surface area contributed by atoms with E-state index in [1.54, 1.807) is 48.7 Å². The summed E-state index contributed by atoms with van der Waals surface area (Å²) in [5.74, 6) is 0.0680. The Hall–Kier alpha value is -4.03. The Bertz CT molecular complexity index is 1500. The van der Waals surface area contributed by atoms with Gasteiger partial charge in [0, 0.05) is 27.7 Å². The van der Waals surface area contributed by atoms with Crippen molar-refractivity contribution in [2.24, 2.45) is 0 Å². The number of nitrogens with one attached hydrogen (secondary N) is 2.